The number of aromatic nitrogens is 2. The van der Waals surface area contributed by atoms with Gasteiger partial charge in [0.05, 0.1) is 11.9 Å². The summed E-state index contributed by atoms with van der Waals surface area (Å²) in [7, 11) is -1.49. The molecule has 0 radical (unpaired) electrons. The molecule has 2 fully saturated rings. The molecule has 1 aromatic heterocycles. The third kappa shape index (κ3) is 3.49. The fraction of sp³-hybridized carbons (Fsp3) is 0.733. The standard InChI is InChI=1S/C15H24N4O3S/c1-16-15-14(17-7-8-18-15)13-11-19(9-10-22-13)23(20,21)12-5-3-2-4-6-12/h7-8,12-13H,2-6,9-11H2,1H3,(H,16,18). The van der Waals surface area contributed by atoms with Gasteiger partial charge in [0.25, 0.3) is 0 Å². The Balaban J connectivity index is 1.77. The molecule has 1 aromatic rings. The fourth-order valence-electron chi connectivity index (χ4n) is 3.37. The number of hydrogen-bond acceptors (Lipinski definition) is 6. The number of morpholine rings is 1. The summed E-state index contributed by atoms with van der Waals surface area (Å²) in [6.45, 7) is 1.12. The number of anilines is 1. The molecule has 0 spiro atoms. The Morgan fingerprint density at radius 3 is 2.70 bits per heavy atom. The highest BCUT2D eigenvalue weighted by atomic mass is 32.2. The molecule has 1 atom stereocenters. The maximum absolute atomic E-state index is 12.9. The molecule has 1 saturated carbocycles. The van der Waals surface area contributed by atoms with E-state index >= 15 is 0 Å². The van der Waals surface area contributed by atoms with Crippen molar-refractivity contribution in [3.05, 3.63) is 18.1 Å². The van der Waals surface area contributed by atoms with E-state index in [2.05, 4.69) is 15.3 Å². The highest BCUT2D eigenvalue weighted by molar-refractivity contribution is 7.89. The molecule has 0 aromatic carbocycles. The van der Waals surface area contributed by atoms with Gasteiger partial charge >= 0.3 is 0 Å². The highest BCUT2D eigenvalue weighted by Crippen LogP contribution is 2.31. The first-order valence-corrected chi connectivity index (χ1v) is 9.72. The lowest BCUT2D eigenvalue weighted by molar-refractivity contribution is -0.00507. The van der Waals surface area contributed by atoms with Crippen LogP contribution in [0.25, 0.3) is 0 Å². The van der Waals surface area contributed by atoms with Crippen molar-refractivity contribution < 1.29 is 13.2 Å². The van der Waals surface area contributed by atoms with Gasteiger partial charge in [-0.2, -0.15) is 4.31 Å². The van der Waals surface area contributed by atoms with E-state index < -0.39 is 10.0 Å². The number of rotatable bonds is 4. The Morgan fingerprint density at radius 2 is 1.96 bits per heavy atom. The largest absolute Gasteiger partial charge is 0.372 e. The molecule has 1 aliphatic heterocycles. The zero-order chi connectivity index (χ0) is 16.3. The molecule has 2 heterocycles. The number of nitrogens with zero attached hydrogens (tertiary/aromatic N) is 3. The van der Waals surface area contributed by atoms with Crippen LogP contribution in [0, 0.1) is 0 Å². The van der Waals surface area contributed by atoms with Crippen LogP contribution >= 0.6 is 0 Å². The molecule has 3 rings (SSSR count). The minimum absolute atomic E-state index is 0.236. The van der Waals surface area contributed by atoms with Crippen LogP contribution in [0.1, 0.15) is 43.9 Å². The van der Waals surface area contributed by atoms with Gasteiger partial charge in [-0.25, -0.2) is 13.4 Å². The average molecular weight is 340 g/mol. The van der Waals surface area contributed by atoms with Crippen molar-refractivity contribution in [2.45, 2.75) is 43.5 Å². The van der Waals surface area contributed by atoms with Crippen molar-refractivity contribution in [3.63, 3.8) is 0 Å². The fourth-order valence-corrected chi connectivity index (χ4v) is 5.40. The van der Waals surface area contributed by atoms with Crippen LogP contribution in [0.4, 0.5) is 5.82 Å². The van der Waals surface area contributed by atoms with Crippen LogP contribution in [0.5, 0.6) is 0 Å². The lowest BCUT2D eigenvalue weighted by atomic mass is 10.0. The summed E-state index contributed by atoms with van der Waals surface area (Å²) in [5, 5.41) is 2.75. The second-order valence-electron chi connectivity index (χ2n) is 6.06. The normalized spacial score (nSPS) is 24.5. The van der Waals surface area contributed by atoms with Crippen LogP contribution in [-0.4, -0.2) is 54.7 Å². The molecule has 1 aliphatic carbocycles. The lowest BCUT2D eigenvalue weighted by Crippen LogP contribution is -2.47. The van der Waals surface area contributed by atoms with E-state index in [1.807, 2.05) is 0 Å². The molecular weight excluding hydrogens is 316 g/mol. The summed E-state index contributed by atoms with van der Waals surface area (Å²) < 4.78 is 33.1. The minimum atomic E-state index is -3.26. The third-order valence-corrected chi connectivity index (χ3v) is 7.00. The molecule has 7 nitrogen and oxygen atoms in total. The Kier molecular flexibility index (Phi) is 5.13. The maximum atomic E-state index is 12.9. The first kappa shape index (κ1) is 16.6. The summed E-state index contributed by atoms with van der Waals surface area (Å²) in [6, 6.07) is 0. The van der Waals surface area contributed by atoms with Gasteiger partial charge in [-0.15, -0.1) is 0 Å². The second-order valence-corrected chi connectivity index (χ2v) is 8.28. The summed E-state index contributed by atoms with van der Waals surface area (Å²) in [5.41, 5.74) is 0.665. The lowest BCUT2D eigenvalue weighted by Gasteiger charge is -2.35. The monoisotopic (exact) mass is 340 g/mol. The van der Waals surface area contributed by atoms with Gasteiger partial charge in [0.1, 0.15) is 17.6 Å². The SMILES string of the molecule is CNc1nccnc1C1CN(S(=O)(=O)C2CCCCC2)CCO1. The van der Waals surface area contributed by atoms with Crippen LogP contribution in [0.2, 0.25) is 0 Å². The smallest absolute Gasteiger partial charge is 0.217 e. The predicted molar refractivity (Wildman–Crippen MR) is 87.6 cm³/mol. The molecule has 1 N–H and O–H groups in total. The summed E-state index contributed by atoms with van der Waals surface area (Å²) >= 11 is 0. The topological polar surface area (TPSA) is 84.4 Å². The molecule has 1 saturated heterocycles. The van der Waals surface area contributed by atoms with Crippen molar-refractivity contribution in [1.29, 1.82) is 0 Å². The van der Waals surface area contributed by atoms with E-state index in [0.717, 1.165) is 32.1 Å². The van der Waals surface area contributed by atoms with Crippen molar-refractivity contribution >= 4 is 15.8 Å². The zero-order valence-corrected chi connectivity index (χ0v) is 14.3. The molecule has 1 unspecified atom stereocenters. The Bertz CT molecular complexity index is 631. The van der Waals surface area contributed by atoms with Gasteiger partial charge in [0.15, 0.2) is 0 Å². The van der Waals surface area contributed by atoms with Crippen LogP contribution in [0.15, 0.2) is 12.4 Å². The van der Waals surface area contributed by atoms with Crippen molar-refractivity contribution in [2.75, 3.05) is 32.1 Å². The molecule has 8 heteroatoms. The first-order valence-electron chi connectivity index (χ1n) is 8.22. The molecule has 128 valence electrons. The number of sulfonamides is 1. The summed E-state index contributed by atoms with van der Waals surface area (Å²) in [4.78, 5) is 8.56. The van der Waals surface area contributed by atoms with Crippen LogP contribution in [-0.2, 0) is 14.8 Å². The van der Waals surface area contributed by atoms with E-state index in [1.165, 1.54) is 0 Å². The Labute approximate surface area is 137 Å². The van der Waals surface area contributed by atoms with Gasteiger partial charge in [-0.3, -0.25) is 4.98 Å². The van der Waals surface area contributed by atoms with Gasteiger partial charge in [0.2, 0.25) is 10.0 Å². The predicted octanol–water partition coefficient (Wildman–Crippen LogP) is 1.55. The van der Waals surface area contributed by atoms with E-state index in [-0.39, 0.29) is 11.4 Å². The molecular formula is C15H24N4O3S. The number of nitrogens with one attached hydrogen (secondary N) is 1. The summed E-state index contributed by atoms with van der Waals surface area (Å²) in [6.07, 6.45) is 7.54. The van der Waals surface area contributed by atoms with Crippen LogP contribution in [0.3, 0.4) is 0 Å². The molecule has 0 amide bonds. The first-order chi connectivity index (χ1) is 11.1. The van der Waals surface area contributed by atoms with E-state index in [0.29, 0.717) is 31.2 Å². The second kappa shape index (κ2) is 7.11. The summed E-state index contributed by atoms with van der Waals surface area (Å²) in [5.74, 6) is 0.634. The van der Waals surface area contributed by atoms with Gasteiger partial charge < -0.3 is 10.1 Å². The zero-order valence-electron chi connectivity index (χ0n) is 13.4. The van der Waals surface area contributed by atoms with Crippen molar-refractivity contribution in [3.8, 4) is 0 Å². The number of hydrogen-bond donors (Lipinski definition) is 1. The van der Waals surface area contributed by atoms with E-state index in [1.54, 1.807) is 23.7 Å². The van der Waals surface area contributed by atoms with Crippen LogP contribution < -0.4 is 5.32 Å². The quantitative estimate of drug-likeness (QED) is 0.895. The Morgan fingerprint density at radius 1 is 1.22 bits per heavy atom. The maximum Gasteiger partial charge on any atom is 0.217 e. The Hall–Kier alpha value is -1.25. The van der Waals surface area contributed by atoms with Gasteiger partial charge in [-0.1, -0.05) is 19.3 Å². The third-order valence-electron chi connectivity index (χ3n) is 4.63. The molecule has 23 heavy (non-hydrogen) atoms. The van der Waals surface area contributed by atoms with E-state index in [4.69, 9.17) is 4.74 Å². The van der Waals surface area contributed by atoms with Crippen molar-refractivity contribution in [1.82, 2.24) is 14.3 Å². The van der Waals surface area contributed by atoms with Gasteiger partial charge in [0, 0.05) is 32.5 Å². The van der Waals surface area contributed by atoms with Crippen molar-refractivity contribution in [2.24, 2.45) is 0 Å². The minimum Gasteiger partial charge on any atom is -0.372 e. The highest BCUT2D eigenvalue weighted by Gasteiger charge is 2.37. The average Bonchev–Trinajstić information content (AvgIpc) is 2.62. The molecule has 0 bridgehead atoms. The number of ether oxygens (including phenoxy) is 1. The van der Waals surface area contributed by atoms with E-state index in [9.17, 15) is 8.42 Å². The van der Waals surface area contributed by atoms with Gasteiger partial charge in [-0.05, 0) is 12.8 Å². The molecule has 2 aliphatic rings.